The summed E-state index contributed by atoms with van der Waals surface area (Å²) in [6, 6.07) is 34.3. The standard InChI is InChI=1S/C40H39N5O2/c1-43(2)33-21-13-27(14-22-33)25-32-11-8-12-35-37(32)42-45(38(35)29-19-23-34(24-20-29)44(3)4)40(46)31-17-15-30(16-18-31)39-41-26-36(47-39)28-9-6-5-7-10-28/h5-7,9-10,13-26,35,38H,8,11-12H2,1-4H3/b32-25+. The van der Waals surface area contributed by atoms with Gasteiger partial charge in [0.25, 0.3) is 5.91 Å². The number of aromatic nitrogens is 1. The van der Waals surface area contributed by atoms with Crippen LogP contribution in [0.3, 0.4) is 0 Å². The first-order valence-corrected chi connectivity index (χ1v) is 16.1. The number of carbonyl (C=O) groups excluding carboxylic acids is 1. The van der Waals surface area contributed by atoms with Gasteiger partial charge >= 0.3 is 0 Å². The van der Waals surface area contributed by atoms with Crippen molar-refractivity contribution in [1.29, 1.82) is 0 Å². The number of nitrogens with zero attached hydrogens (tertiary/aromatic N) is 5. The van der Waals surface area contributed by atoms with Crippen molar-refractivity contribution < 1.29 is 9.21 Å². The molecule has 2 unspecified atom stereocenters. The molecule has 1 amide bonds. The van der Waals surface area contributed by atoms with Gasteiger partial charge in [0.05, 0.1) is 18.0 Å². The summed E-state index contributed by atoms with van der Waals surface area (Å²) in [6.07, 6.45) is 6.95. The molecule has 7 heteroatoms. The number of fused-ring (bicyclic) bond motifs is 1. The van der Waals surface area contributed by atoms with Crippen molar-refractivity contribution in [3.05, 3.63) is 132 Å². The maximum absolute atomic E-state index is 14.3. The quantitative estimate of drug-likeness (QED) is 0.182. The van der Waals surface area contributed by atoms with Crippen LogP contribution in [-0.4, -0.2) is 49.8 Å². The summed E-state index contributed by atoms with van der Waals surface area (Å²) in [6.45, 7) is 0. The predicted molar refractivity (Wildman–Crippen MR) is 191 cm³/mol. The number of hydrazone groups is 1. The zero-order chi connectivity index (χ0) is 32.5. The van der Waals surface area contributed by atoms with Crippen molar-refractivity contribution in [3.63, 3.8) is 0 Å². The van der Waals surface area contributed by atoms with Gasteiger partial charge in [0.15, 0.2) is 5.76 Å². The van der Waals surface area contributed by atoms with Crippen LogP contribution in [0, 0.1) is 5.92 Å². The Labute approximate surface area is 276 Å². The van der Waals surface area contributed by atoms with Gasteiger partial charge in [0.1, 0.15) is 0 Å². The first kappa shape index (κ1) is 30.2. The average Bonchev–Trinajstić information content (AvgIpc) is 3.75. The second-order valence-corrected chi connectivity index (χ2v) is 12.7. The number of carbonyl (C=O) groups is 1. The zero-order valence-corrected chi connectivity index (χ0v) is 27.3. The molecule has 7 nitrogen and oxygen atoms in total. The maximum Gasteiger partial charge on any atom is 0.274 e. The number of benzene rings is 4. The van der Waals surface area contributed by atoms with E-state index < -0.39 is 0 Å². The highest BCUT2D eigenvalue weighted by Gasteiger charge is 2.44. The van der Waals surface area contributed by atoms with E-state index in [2.05, 4.69) is 69.4 Å². The van der Waals surface area contributed by atoms with E-state index in [1.54, 1.807) is 11.2 Å². The fourth-order valence-electron chi connectivity index (χ4n) is 6.57. The molecule has 2 aliphatic rings. The molecule has 0 spiro atoms. The topological polar surface area (TPSA) is 65.2 Å². The Morgan fingerprint density at radius 3 is 2.13 bits per heavy atom. The normalized spacial score (nSPS) is 18.2. The molecule has 4 aromatic carbocycles. The molecule has 0 radical (unpaired) electrons. The maximum atomic E-state index is 14.3. The lowest BCUT2D eigenvalue weighted by atomic mass is 9.77. The van der Waals surface area contributed by atoms with Gasteiger partial charge < -0.3 is 14.2 Å². The van der Waals surface area contributed by atoms with E-state index >= 15 is 0 Å². The fraction of sp³-hybridized carbons (Fsp3) is 0.225. The molecule has 1 fully saturated rings. The molecule has 1 aliphatic heterocycles. The number of allylic oxidation sites excluding steroid dienone is 1. The Kier molecular flexibility index (Phi) is 8.21. The van der Waals surface area contributed by atoms with E-state index in [1.807, 2.05) is 82.8 Å². The smallest absolute Gasteiger partial charge is 0.274 e. The van der Waals surface area contributed by atoms with Crippen molar-refractivity contribution >= 4 is 29.1 Å². The summed E-state index contributed by atoms with van der Waals surface area (Å²) < 4.78 is 6.06. The highest BCUT2D eigenvalue weighted by atomic mass is 16.4. The van der Waals surface area contributed by atoms with Gasteiger partial charge in [-0.15, -0.1) is 0 Å². The van der Waals surface area contributed by atoms with Crippen LogP contribution in [-0.2, 0) is 0 Å². The first-order chi connectivity index (χ1) is 22.9. The molecule has 1 aliphatic carbocycles. The van der Waals surface area contributed by atoms with Crippen LogP contribution in [0.25, 0.3) is 28.9 Å². The SMILES string of the molecule is CN(C)c1ccc(/C=C2\CCCC3C2=NN(C(=O)c2ccc(-c4ncc(-c5ccccc5)o4)cc2)C3c2ccc(N(C)C)cc2)cc1. The molecular formula is C40H39N5O2. The largest absolute Gasteiger partial charge is 0.436 e. The minimum atomic E-state index is -0.187. The predicted octanol–water partition coefficient (Wildman–Crippen LogP) is 8.58. The van der Waals surface area contributed by atoms with Crippen LogP contribution in [0.1, 0.15) is 46.8 Å². The van der Waals surface area contributed by atoms with E-state index in [0.29, 0.717) is 17.2 Å². The number of amides is 1. The Morgan fingerprint density at radius 1 is 0.809 bits per heavy atom. The van der Waals surface area contributed by atoms with Gasteiger partial charge in [0.2, 0.25) is 5.89 Å². The highest BCUT2D eigenvalue weighted by molar-refractivity contribution is 6.09. The summed E-state index contributed by atoms with van der Waals surface area (Å²) in [4.78, 5) is 23.0. The van der Waals surface area contributed by atoms with Gasteiger partial charge in [-0.05, 0) is 90.6 Å². The van der Waals surface area contributed by atoms with Crippen molar-refractivity contribution in [1.82, 2.24) is 9.99 Å². The second-order valence-electron chi connectivity index (χ2n) is 12.7. The molecular weight excluding hydrogens is 582 g/mol. The van der Waals surface area contributed by atoms with Crippen LogP contribution in [0.5, 0.6) is 0 Å². The molecule has 1 aromatic heterocycles. The van der Waals surface area contributed by atoms with Crippen LogP contribution in [0.4, 0.5) is 11.4 Å². The zero-order valence-electron chi connectivity index (χ0n) is 27.3. The van der Waals surface area contributed by atoms with E-state index in [-0.39, 0.29) is 17.9 Å². The lowest BCUT2D eigenvalue weighted by Crippen LogP contribution is -2.32. The molecule has 236 valence electrons. The van der Waals surface area contributed by atoms with E-state index in [1.165, 1.54) is 5.57 Å². The van der Waals surface area contributed by atoms with Crippen LogP contribution in [0.15, 0.2) is 124 Å². The third kappa shape index (κ3) is 6.09. The summed E-state index contributed by atoms with van der Waals surface area (Å²) in [5.41, 5.74) is 9.10. The first-order valence-electron chi connectivity index (χ1n) is 16.1. The molecule has 0 bridgehead atoms. The van der Waals surface area contributed by atoms with Crippen molar-refractivity contribution in [2.24, 2.45) is 11.0 Å². The second kappa shape index (κ2) is 12.8. The van der Waals surface area contributed by atoms with Gasteiger partial charge in [-0.25, -0.2) is 9.99 Å². The van der Waals surface area contributed by atoms with Crippen molar-refractivity contribution in [3.8, 4) is 22.8 Å². The highest BCUT2D eigenvalue weighted by Crippen LogP contribution is 2.45. The molecule has 2 heterocycles. The molecule has 1 saturated carbocycles. The lowest BCUT2D eigenvalue weighted by molar-refractivity contribution is 0.0681. The molecule has 0 N–H and O–H groups in total. The number of hydrogen-bond donors (Lipinski definition) is 0. The van der Waals surface area contributed by atoms with Gasteiger partial charge in [-0.1, -0.05) is 54.6 Å². The third-order valence-electron chi connectivity index (χ3n) is 9.15. The fourth-order valence-corrected chi connectivity index (χ4v) is 6.57. The minimum Gasteiger partial charge on any atom is -0.436 e. The minimum absolute atomic E-state index is 0.118. The van der Waals surface area contributed by atoms with Gasteiger partial charge in [-0.3, -0.25) is 4.79 Å². The molecule has 5 aromatic rings. The molecule has 0 saturated heterocycles. The van der Waals surface area contributed by atoms with Crippen LogP contribution < -0.4 is 9.80 Å². The van der Waals surface area contributed by atoms with Gasteiger partial charge in [-0.2, -0.15) is 5.10 Å². The molecule has 47 heavy (non-hydrogen) atoms. The summed E-state index contributed by atoms with van der Waals surface area (Å²) in [5.74, 6) is 1.22. The van der Waals surface area contributed by atoms with E-state index in [4.69, 9.17) is 9.52 Å². The van der Waals surface area contributed by atoms with E-state index in [9.17, 15) is 4.79 Å². The van der Waals surface area contributed by atoms with Crippen LogP contribution in [0.2, 0.25) is 0 Å². The Bertz CT molecular complexity index is 1920. The van der Waals surface area contributed by atoms with Crippen LogP contribution >= 0.6 is 0 Å². The molecule has 2 atom stereocenters. The Hall–Kier alpha value is -5.43. The monoisotopic (exact) mass is 621 g/mol. The Morgan fingerprint density at radius 2 is 1.47 bits per heavy atom. The summed E-state index contributed by atoms with van der Waals surface area (Å²) in [5, 5.41) is 6.85. The third-order valence-corrected chi connectivity index (χ3v) is 9.15. The number of rotatable bonds is 7. The average molecular weight is 622 g/mol. The molecule has 7 rings (SSSR count). The number of oxazole rings is 1. The van der Waals surface area contributed by atoms with Crippen molar-refractivity contribution in [2.75, 3.05) is 38.0 Å². The Balaban J connectivity index is 1.21. The number of hydrogen-bond acceptors (Lipinski definition) is 6. The lowest BCUT2D eigenvalue weighted by Gasteiger charge is -2.30. The van der Waals surface area contributed by atoms with Crippen molar-refractivity contribution in [2.45, 2.75) is 25.3 Å². The number of anilines is 2. The van der Waals surface area contributed by atoms with E-state index in [0.717, 1.165) is 58.6 Å². The summed E-state index contributed by atoms with van der Waals surface area (Å²) >= 11 is 0. The van der Waals surface area contributed by atoms with Gasteiger partial charge in [0, 0.05) is 62.2 Å². The summed E-state index contributed by atoms with van der Waals surface area (Å²) in [7, 11) is 8.17.